The van der Waals surface area contributed by atoms with Gasteiger partial charge in [-0.25, -0.2) is 4.79 Å². The number of halogens is 1. The number of aromatic nitrogens is 1. The minimum Gasteiger partial charge on any atom is -0.356 e. The van der Waals surface area contributed by atoms with Gasteiger partial charge in [0, 0.05) is 36.3 Å². The zero-order chi connectivity index (χ0) is 19.9. The Hall–Kier alpha value is -2.93. The lowest BCUT2D eigenvalue weighted by atomic mass is 10.1. The van der Waals surface area contributed by atoms with Crippen LogP contribution in [0.25, 0.3) is 0 Å². The minimum absolute atomic E-state index is 0.108. The molecule has 146 valence electrons. The average Bonchev–Trinajstić information content (AvgIpc) is 2.96. The first-order valence-corrected chi connectivity index (χ1v) is 9.44. The van der Waals surface area contributed by atoms with Crippen LogP contribution in [0, 0.1) is 0 Å². The highest BCUT2D eigenvalue weighted by Gasteiger charge is 2.38. The van der Waals surface area contributed by atoms with E-state index < -0.39 is 12.1 Å². The SMILES string of the molecule is O=C(CCC1NC(=O)N(Cc2ccccc2Cl)C1=O)NCCc1ccccn1. The molecule has 2 aromatic rings. The van der Waals surface area contributed by atoms with Gasteiger partial charge in [0.05, 0.1) is 6.54 Å². The first kappa shape index (κ1) is 19.8. The van der Waals surface area contributed by atoms with E-state index in [1.165, 1.54) is 0 Å². The average molecular weight is 401 g/mol. The van der Waals surface area contributed by atoms with Crippen molar-refractivity contribution in [1.82, 2.24) is 20.5 Å². The molecular weight excluding hydrogens is 380 g/mol. The van der Waals surface area contributed by atoms with Crippen LogP contribution in [0.3, 0.4) is 0 Å². The monoisotopic (exact) mass is 400 g/mol. The van der Waals surface area contributed by atoms with E-state index in [4.69, 9.17) is 11.6 Å². The van der Waals surface area contributed by atoms with Crippen LogP contribution < -0.4 is 10.6 Å². The summed E-state index contributed by atoms with van der Waals surface area (Å²) in [5.41, 5.74) is 1.59. The van der Waals surface area contributed by atoms with Crippen molar-refractivity contribution in [2.75, 3.05) is 6.54 Å². The molecule has 4 amide bonds. The number of nitrogens with one attached hydrogen (secondary N) is 2. The largest absolute Gasteiger partial charge is 0.356 e. The molecular formula is C20H21ClN4O3. The van der Waals surface area contributed by atoms with Crippen molar-refractivity contribution in [3.8, 4) is 0 Å². The molecule has 1 aromatic carbocycles. The number of rotatable bonds is 8. The summed E-state index contributed by atoms with van der Waals surface area (Å²) in [6.07, 6.45) is 2.75. The van der Waals surface area contributed by atoms with Gasteiger partial charge in [-0.2, -0.15) is 0 Å². The van der Waals surface area contributed by atoms with Gasteiger partial charge in [-0.15, -0.1) is 0 Å². The summed E-state index contributed by atoms with van der Waals surface area (Å²) in [5.74, 6) is -0.506. The van der Waals surface area contributed by atoms with Crippen LogP contribution in [0.5, 0.6) is 0 Å². The van der Waals surface area contributed by atoms with Gasteiger partial charge in [-0.1, -0.05) is 35.9 Å². The third kappa shape index (κ3) is 5.07. The molecule has 1 unspecified atom stereocenters. The standard InChI is InChI=1S/C20H21ClN4O3/c21-16-7-2-1-5-14(16)13-25-19(27)17(24-20(25)28)8-9-18(26)23-12-10-15-6-3-4-11-22-15/h1-7,11,17H,8-10,12-13H2,(H,23,26)(H,24,28). The number of nitrogens with zero attached hydrogens (tertiary/aromatic N) is 2. The number of benzene rings is 1. The van der Waals surface area contributed by atoms with Crippen LogP contribution in [-0.4, -0.2) is 40.3 Å². The van der Waals surface area contributed by atoms with Gasteiger partial charge in [-0.3, -0.25) is 19.5 Å². The molecule has 0 saturated carbocycles. The number of carbonyl (C=O) groups excluding carboxylic acids is 3. The Morgan fingerprint density at radius 3 is 2.71 bits per heavy atom. The molecule has 1 saturated heterocycles. The van der Waals surface area contributed by atoms with Gasteiger partial charge in [0.1, 0.15) is 6.04 Å². The third-order valence-electron chi connectivity index (χ3n) is 4.48. The second-order valence-corrected chi connectivity index (χ2v) is 6.88. The highest BCUT2D eigenvalue weighted by atomic mass is 35.5. The Balaban J connectivity index is 1.44. The highest BCUT2D eigenvalue weighted by Crippen LogP contribution is 2.20. The number of hydrogen-bond donors (Lipinski definition) is 2. The molecule has 0 spiro atoms. The van der Waals surface area contributed by atoms with E-state index >= 15 is 0 Å². The van der Waals surface area contributed by atoms with Crippen molar-refractivity contribution >= 4 is 29.4 Å². The highest BCUT2D eigenvalue weighted by molar-refractivity contribution is 6.31. The van der Waals surface area contributed by atoms with E-state index in [0.717, 1.165) is 10.6 Å². The molecule has 3 rings (SSSR count). The Labute approximate surface area is 168 Å². The van der Waals surface area contributed by atoms with E-state index in [2.05, 4.69) is 15.6 Å². The van der Waals surface area contributed by atoms with Crippen molar-refractivity contribution < 1.29 is 14.4 Å². The predicted octanol–water partition coefficient (Wildman–Crippen LogP) is 2.29. The molecule has 1 aliphatic heterocycles. The second-order valence-electron chi connectivity index (χ2n) is 6.48. The van der Waals surface area contributed by atoms with Crippen LogP contribution in [-0.2, 0) is 22.6 Å². The summed E-state index contributed by atoms with van der Waals surface area (Å²) in [5, 5.41) is 5.94. The van der Waals surface area contributed by atoms with Gasteiger partial charge in [0.2, 0.25) is 5.91 Å². The summed E-state index contributed by atoms with van der Waals surface area (Å²) in [6.45, 7) is 0.580. The molecule has 1 aliphatic rings. The lowest BCUT2D eigenvalue weighted by Gasteiger charge is -2.14. The van der Waals surface area contributed by atoms with Crippen LogP contribution >= 0.6 is 11.6 Å². The van der Waals surface area contributed by atoms with Crippen LogP contribution in [0.15, 0.2) is 48.7 Å². The maximum absolute atomic E-state index is 12.5. The Kier molecular flexibility index (Phi) is 6.60. The van der Waals surface area contributed by atoms with Gasteiger partial charge < -0.3 is 10.6 Å². The van der Waals surface area contributed by atoms with Gasteiger partial charge >= 0.3 is 6.03 Å². The fraction of sp³-hybridized carbons (Fsp3) is 0.300. The van der Waals surface area contributed by atoms with Crippen molar-refractivity contribution in [1.29, 1.82) is 0 Å². The number of urea groups is 1. The molecule has 1 atom stereocenters. The summed E-state index contributed by atoms with van der Waals surface area (Å²) < 4.78 is 0. The lowest BCUT2D eigenvalue weighted by molar-refractivity contribution is -0.128. The topological polar surface area (TPSA) is 91.4 Å². The second kappa shape index (κ2) is 9.32. The van der Waals surface area contributed by atoms with E-state index in [1.54, 1.807) is 30.5 Å². The zero-order valence-electron chi connectivity index (χ0n) is 15.2. The maximum Gasteiger partial charge on any atom is 0.325 e. The van der Waals surface area contributed by atoms with Crippen LogP contribution in [0.4, 0.5) is 4.79 Å². The Bertz CT molecular complexity index is 860. The number of pyridine rings is 1. The molecule has 0 bridgehead atoms. The Morgan fingerprint density at radius 2 is 1.96 bits per heavy atom. The minimum atomic E-state index is -0.698. The molecule has 2 N–H and O–H groups in total. The first-order valence-electron chi connectivity index (χ1n) is 9.06. The quantitative estimate of drug-likeness (QED) is 0.665. The van der Waals surface area contributed by atoms with Crippen molar-refractivity contribution in [2.45, 2.75) is 31.8 Å². The van der Waals surface area contributed by atoms with E-state index in [-0.39, 0.29) is 31.2 Å². The predicted molar refractivity (Wildman–Crippen MR) is 105 cm³/mol. The molecule has 2 heterocycles. The number of carbonyl (C=O) groups is 3. The molecule has 1 fully saturated rings. The van der Waals surface area contributed by atoms with Crippen LogP contribution in [0.1, 0.15) is 24.1 Å². The zero-order valence-corrected chi connectivity index (χ0v) is 16.0. The molecule has 28 heavy (non-hydrogen) atoms. The molecule has 0 radical (unpaired) electrons. The van der Waals surface area contributed by atoms with Gasteiger partial charge in [0.25, 0.3) is 5.91 Å². The van der Waals surface area contributed by atoms with E-state index in [1.807, 2.05) is 18.2 Å². The summed E-state index contributed by atoms with van der Waals surface area (Å²) >= 11 is 6.10. The fourth-order valence-electron chi connectivity index (χ4n) is 2.96. The van der Waals surface area contributed by atoms with Crippen molar-refractivity contribution in [3.63, 3.8) is 0 Å². The van der Waals surface area contributed by atoms with E-state index in [0.29, 0.717) is 23.6 Å². The molecule has 8 heteroatoms. The van der Waals surface area contributed by atoms with Crippen molar-refractivity contribution in [3.05, 3.63) is 64.9 Å². The summed E-state index contributed by atoms with van der Waals surface area (Å²) in [6, 6.07) is 11.5. The fourth-order valence-corrected chi connectivity index (χ4v) is 3.15. The third-order valence-corrected chi connectivity index (χ3v) is 4.85. The Morgan fingerprint density at radius 1 is 1.18 bits per heavy atom. The van der Waals surface area contributed by atoms with E-state index in [9.17, 15) is 14.4 Å². The maximum atomic E-state index is 12.5. The summed E-state index contributed by atoms with van der Waals surface area (Å²) in [7, 11) is 0. The summed E-state index contributed by atoms with van der Waals surface area (Å²) in [4.78, 5) is 42.0. The van der Waals surface area contributed by atoms with Gasteiger partial charge in [0.15, 0.2) is 0 Å². The number of imide groups is 1. The van der Waals surface area contributed by atoms with Crippen LogP contribution in [0.2, 0.25) is 5.02 Å². The smallest absolute Gasteiger partial charge is 0.325 e. The first-order chi connectivity index (χ1) is 13.5. The molecule has 0 aliphatic carbocycles. The normalized spacial score (nSPS) is 16.2. The number of hydrogen-bond acceptors (Lipinski definition) is 4. The molecule has 7 nitrogen and oxygen atoms in total. The molecule has 1 aromatic heterocycles. The van der Waals surface area contributed by atoms with Crippen molar-refractivity contribution in [2.24, 2.45) is 0 Å². The van der Waals surface area contributed by atoms with Gasteiger partial charge in [-0.05, 0) is 30.2 Å². The number of amides is 4. The lowest BCUT2D eigenvalue weighted by Crippen LogP contribution is -2.33.